The lowest BCUT2D eigenvalue weighted by atomic mass is 10.0. The Balaban J connectivity index is 1.75. The van der Waals surface area contributed by atoms with Gasteiger partial charge in [0.1, 0.15) is 0 Å². The molecule has 0 aliphatic heterocycles. The van der Waals surface area contributed by atoms with E-state index in [4.69, 9.17) is 5.11 Å². The molecule has 3 aromatic carbocycles. The van der Waals surface area contributed by atoms with E-state index in [0.29, 0.717) is 6.42 Å². The minimum absolute atomic E-state index is 0.149. The van der Waals surface area contributed by atoms with E-state index in [1.807, 2.05) is 20.2 Å². The summed E-state index contributed by atoms with van der Waals surface area (Å²) in [6.07, 6.45) is 4.84. The number of fused-ring (bicyclic) bond motifs is 1. The Morgan fingerprint density at radius 2 is 1.68 bits per heavy atom. The molecule has 0 amide bonds. The average molecular weight is 413 g/mol. The van der Waals surface area contributed by atoms with Gasteiger partial charge in [-0.25, -0.2) is 0 Å². The van der Waals surface area contributed by atoms with Crippen LogP contribution in [0, 0.1) is 0 Å². The van der Waals surface area contributed by atoms with Crippen molar-refractivity contribution >= 4 is 22.6 Å². The smallest absolute Gasteiger partial charge is 0.303 e. The van der Waals surface area contributed by atoms with Crippen LogP contribution in [0.3, 0.4) is 0 Å². The van der Waals surface area contributed by atoms with Gasteiger partial charge in [0.25, 0.3) is 0 Å². The number of aryl methyl sites for hydroxylation is 3. The number of benzene rings is 3. The number of hydrogen-bond donors (Lipinski definition) is 1. The molecule has 4 aromatic rings. The van der Waals surface area contributed by atoms with Crippen LogP contribution in [-0.4, -0.2) is 29.7 Å². The Bertz CT molecular complexity index is 1190. The maximum absolute atomic E-state index is 11.0. The van der Waals surface area contributed by atoms with Crippen molar-refractivity contribution in [3.63, 3.8) is 0 Å². The van der Waals surface area contributed by atoms with Gasteiger partial charge in [-0.3, -0.25) is 4.79 Å². The van der Waals surface area contributed by atoms with Crippen LogP contribution in [0.25, 0.3) is 16.6 Å². The molecule has 1 aromatic heterocycles. The van der Waals surface area contributed by atoms with Crippen LogP contribution in [-0.2, 0) is 24.1 Å². The minimum Gasteiger partial charge on any atom is -0.481 e. The van der Waals surface area contributed by atoms with Crippen molar-refractivity contribution in [1.82, 2.24) is 4.57 Å². The van der Waals surface area contributed by atoms with E-state index >= 15 is 0 Å². The number of carboxylic acid groups (broad SMARTS) is 1. The molecule has 4 rings (SSSR count). The van der Waals surface area contributed by atoms with Gasteiger partial charge in [-0.1, -0.05) is 42.5 Å². The molecule has 0 saturated heterocycles. The first kappa shape index (κ1) is 20.7. The summed E-state index contributed by atoms with van der Waals surface area (Å²) in [6, 6.07) is 25.4. The van der Waals surface area contributed by atoms with Crippen LogP contribution in [0.5, 0.6) is 0 Å². The first-order valence-electron chi connectivity index (χ1n) is 10.7. The molecule has 31 heavy (non-hydrogen) atoms. The van der Waals surface area contributed by atoms with Crippen molar-refractivity contribution in [2.45, 2.75) is 25.7 Å². The van der Waals surface area contributed by atoms with Crippen molar-refractivity contribution in [3.05, 3.63) is 95.7 Å². The average Bonchev–Trinajstić information content (AvgIpc) is 3.15. The fraction of sp³-hybridized carbons (Fsp3) is 0.222. The number of aromatic nitrogens is 1. The van der Waals surface area contributed by atoms with Crippen molar-refractivity contribution in [2.75, 3.05) is 19.0 Å². The van der Waals surface area contributed by atoms with Gasteiger partial charge in [-0.15, -0.1) is 0 Å². The molecular weight excluding hydrogens is 384 g/mol. The molecule has 0 radical (unpaired) electrons. The standard InChI is InChI=1S/C27H28N2O2/c1-28(2)23-9-6-10-24(18-23)29-19-22(14-11-20-7-4-3-5-8-20)25-17-21(12-15-26(25)29)13-16-27(30)31/h3-10,12,15,17-19H,11,13-14,16H2,1-2H3,(H,30,31). The molecule has 0 aliphatic carbocycles. The topological polar surface area (TPSA) is 45.5 Å². The molecule has 0 saturated carbocycles. The van der Waals surface area contributed by atoms with E-state index < -0.39 is 5.97 Å². The molecular formula is C27H28N2O2. The number of hydrogen-bond acceptors (Lipinski definition) is 2. The Hall–Kier alpha value is -3.53. The van der Waals surface area contributed by atoms with E-state index in [1.54, 1.807) is 0 Å². The summed E-state index contributed by atoms with van der Waals surface area (Å²) in [6.45, 7) is 0. The number of aliphatic carboxylic acids is 1. The van der Waals surface area contributed by atoms with E-state index in [1.165, 1.54) is 16.5 Å². The first-order chi connectivity index (χ1) is 15.0. The van der Waals surface area contributed by atoms with Crippen LogP contribution in [0.4, 0.5) is 5.69 Å². The Kier molecular flexibility index (Phi) is 6.08. The first-order valence-corrected chi connectivity index (χ1v) is 10.7. The normalized spacial score (nSPS) is 11.0. The molecule has 1 heterocycles. The zero-order chi connectivity index (χ0) is 21.8. The number of carboxylic acids is 1. The van der Waals surface area contributed by atoms with Crippen LogP contribution >= 0.6 is 0 Å². The maximum Gasteiger partial charge on any atom is 0.303 e. The van der Waals surface area contributed by atoms with E-state index in [-0.39, 0.29) is 6.42 Å². The SMILES string of the molecule is CN(C)c1cccc(-n2cc(CCc3ccccc3)c3cc(CCC(=O)O)ccc32)c1. The number of anilines is 1. The molecule has 0 spiro atoms. The van der Waals surface area contributed by atoms with Crippen molar-refractivity contribution in [1.29, 1.82) is 0 Å². The van der Waals surface area contributed by atoms with Crippen molar-refractivity contribution in [3.8, 4) is 5.69 Å². The summed E-state index contributed by atoms with van der Waals surface area (Å²) in [5.74, 6) is -0.762. The van der Waals surface area contributed by atoms with Crippen LogP contribution in [0.2, 0.25) is 0 Å². The zero-order valence-corrected chi connectivity index (χ0v) is 18.1. The Morgan fingerprint density at radius 1 is 0.871 bits per heavy atom. The van der Waals surface area contributed by atoms with Crippen LogP contribution in [0.1, 0.15) is 23.1 Å². The number of rotatable bonds is 8. The highest BCUT2D eigenvalue weighted by molar-refractivity contribution is 5.86. The molecule has 0 atom stereocenters. The van der Waals surface area contributed by atoms with Gasteiger partial charge >= 0.3 is 5.97 Å². The molecule has 158 valence electrons. The van der Waals surface area contributed by atoms with Crippen molar-refractivity contribution in [2.24, 2.45) is 0 Å². The molecule has 0 bridgehead atoms. The van der Waals surface area contributed by atoms with E-state index in [9.17, 15) is 4.79 Å². The quantitative estimate of drug-likeness (QED) is 0.416. The van der Waals surface area contributed by atoms with Crippen LogP contribution in [0.15, 0.2) is 79.0 Å². The number of nitrogens with zero attached hydrogens (tertiary/aromatic N) is 2. The fourth-order valence-electron chi connectivity index (χ4n) is 4.01. The molecule has 0 aliphatic rings. The van der Waals surface area contributed by atoms with Crippen LogP contribution < -0.4 is 4.90 Å². The van der Waals surface area contributed by atoms with Gasteiger partial charge in [-0.2, -0.15) is 0 Å². The largest absolute Gasteiger partial charge is 0.481 e. The van der Waals surface area contributed by atoms with Gasteiger partial charge in [0.2, 0.25) is 0 Å². The van der Waals surface area contributed by atoms with Gasteiger partial charge in [-0.05, 0) is 66.3 Å². The summed E-state index contributed by atoms with van der Waals surface area (Å²) in [4.78, 5) is 13.1. The Morgan fingerprint density at radius 3 is 2.42 bits per heavy atom. The minimum atomic E-state index is -0.762. The lowest BCUT2D eigenvalue weighted by molar-refractivity contribution is -0.136. The fourth-order valence-corrected chi connectivity index (χ4v) is 4.01. The third-order valence-electron chi connectivity index (χ3n) is 5.73. The molecule has 4 nitrogen and oxygen atoms in total. The van der Waals surface area contributed by atoms with Gasteiger partial charge in [0.05, 0.1) is 5.52 Å². The predicted molar refractivity (Wildman–Crippen MR) is 127 cm³/mol. The highest BCUT2D eigenvalue weighted by atomic mass is 16.4. The summed E-state index contributed by atoms with van der Waals surface area (Å²) in [5, 5.41) is 10.3. The third-order valence-corrected chi connectivity index (χ3v) is 5.73. The highest BCUT2D eigenvalue weighted by Crippen LogP contribution is 2.29. The van der Waals surface area contributed by atoms with Gasteiger partial charge < -0.3 is 14.6 Å². The second kappa shape index (κ2) is 9.09. The highest BCUT2D eigenvalue weighted by Gasteiger charge is 2.12. The molecule has 0 fully saturated rings. The summed E-state index contributed by atoms with van der Waals surface area (Å²) in [7, 11) is 4.10. The maximum atomic E-state index is 11.0. The summed E-state index contributed by atoms with van der Waals surface area (Å²) < 4.78 is 2.25. The molecule has 0 unspecified atom stereocenters. The zero-order valence-electron chi connectivity index (χ0n) is 18.1. The molecule has 1 N–H and O–H groups in total. The van der Waals surface area contributed by atoms with E-state index in [0.717, 1.165) is 35.3 Å². The third kappa shape index (κ3) is 4.80. The summed E-state index contributed by atoms with van der Waals surface area (Å²) >= 11 is 0. The number of carbonyl (C=O) groups is 1. The van der Waals surface area contributed by atoms with Crippen molar-refractivity contribution < 1.29 is 9.90 Å². The summed E-state index contributed by atoms with van der Waals surface area (Å²) in [5.41, 5.74) is 7.10. The Labute approximate surface area is 183 Å². The lowest BCUT2D eigenvalue weighted by Crippen LogP contribution is -2.08. The monoisotopic (exact) mass is 412 g/mol. The van der Waals surface area contributed by atoms with Gasteiger partial charge in [0, 0.05) is 43.5 Å². The second-order valence-corrected chi connectivity index (χ2v) is 8.17. The molecule has 4 heteroatoms. The van der Waals surface area contributed by atoms with Gasteiger partial charge in [0.15, 0.2) is 0 Å². The predicted octanol–water partition coefficient (Wildman–Crippen LogP) is 5.50. The second-order valence-electron chi connectivity index (χ2n) is 8.17. The van der Waals surface area contributed by atoms with E-state index in [2.05, 4.69) is 82.4 Å². The lowest BCUT2D eigenvalue weighted by Gasteiger charge is -2.14.